The number of carbonyl (C=O) groups excluding carboxylic acids is 3. The molecule has 23 heavy (non-hydrogen) atoms. The Kier molecular flexibility index (Phi) is 5.67. The quantitative estimate of drug-likeness (QED) is 0.760. The molecule has 1 saturated heterocycles. The third kappa shape index (κ3) is 4.51. The van der Waals surface area contributed by atoms with Crippen LogP contribution in [0.15, 0.2) is 24.3 Å². The van der Waals surface area contributed by atoms with Gasteiger partial charge in [0.25, 0.3) is 5.91 Å². The monoisotopic (exact) mass is 321 g/mol. The molecule has 3 N–H and O–H groups in total. The highest BCUT2D eigenvalue weighted by atomic mass is 19.1. The van der Waals surface area contributed by atoms with Gasteiger partial charge < -0.3 is 16.0 Å². The van der Waals surface area contributed by atoms with Crippen molar-refractivity contribution >= 4 is 17.7 Å². The molecule has 1 heterocycles. The van der Waals surface area contributed by atoms with Gasteiger partial charge in [0.1, 0.15) is 11.9 Å². The first-order valence-corrected chi connectivity index (χ1v) is 7.61. The highest BCUT2D eigenvalue weighted by Gasteiger charge is 2.31. The minimum absolute atomic E-state index is 0.123. The highest BCUT2D eigenvalue weighted by Crippen LogP contribution is 2.18. The van der Waals surface area contributed by atoms with Gasteiger partial charge >= 0.3 is 0 Å². The van der Waals surface area contributed by atoms with Crippen LogP contribution < -0.4 is 11.1 Å². The fourth-order valence-electron chi connectivity index (χ4n) is 2.65. The van der Waals surface area contributed by atoms with Gasteiger partial charge in [-0.2, -0.15) is 0 Å². The molecule has 0 unspecified atom stereocenters. The van der Waals surface area contributed by atoms with Gasteiger partial charge in [0, 0.05) is 25.1 Å². The SMILES string of the molecule is NC(=O)[C@@H]1CCCN1C(=O)CCCNC(=O)c1ccc(F)cc1. The number of primary amides is 1. The second-order valence-corrected chi connectivity index (χ2v) is 5.51. The Hall–Kier alpha value is -2.44. The highest BCUT2D eigenvalue weighted by molar-refractivity contribution is 5.94. The molecule has 0 radical (unpaired) electrons. The van der Waals surface area contributed by atoms with Crippen molar-refractivity contribution in [2.75, 3.05) is 13.1 Å². The topological polar surface area (TPSA) is 92.5 Å². The number of carbonyl (C=O) groups is 3. The Labute approximate surface area is 133 Å². The fourth-order valence-corrected chi connectivity index (χ4v) is 2.65. The molecule has 3 amide bonds. The average Bonchev–Trinajstić information content (AvgIpc) is 3.01. The lowest BCUT2D eigenvalue weighted by atomic mass is 10.2. The van der Waals surface area contributed by atoms with E-state index in [0.29, 0.717) is 31.5 Å². The number of nitrogens with one attached hydrogen (secondary N) is 1. The summed E-state index contributed by atoms with van der Waals surface area (Å²) in [6, 6.07) is 4.73. The van der Waals surface area contributed by atoms with Crippen LogP contribution in [-0.4, -0.2) is 41.8 Å². The molecule has 7 heteroatoms. The van der Waals surface area contributed by atoms with Crippen molar-refractivity contribution in [3.8, 4) is 0 Å². The average molecular weight is 321 g/mol. The smallest absolute Gasteiger partial charge is 0.251 e. The molecule has 0 aliphatic carbocycles. The van der Waals surface area contributed by atoms with Crippen molar-refractivity contribution in [2.45, 2.75) is 31.7 Å². The maximum atomic E-state index is 12.8. The summed E-state index contributed by atoms with van der Waals surface area (Å²) in [6.45, 7) is 0.880. The normalized spacial score (nSPS) is 17.1. The molecule has 1 aromatic rings. The molecule has 1 atom stereocenters. The van der Waals surface area contributed by atoms with Crippen LogP contribution >= 0.6 is 0 Å². The van der Waals surface area contributed by atoms with Gasteiger partial charge in [0.15, 0.2) is 0 Å². The first kappa shape index (κ1) is 16.9. The molecule has 0 bridgehead atoms. The predicted octanol–water partition coefficient (Wildman–Crippen LogP) is 0.812. The van der Waals surface area contributed by atoms with Gasteiger partial charge in [0.05, 0.1) is 0 Å². The number of amides is 3. The first-order valence-electron chi connectivity index (χ1n) is 7.61. The number of hydrogen-bond acceptors (Lipinski definition) is 3. The van der Waals surface area contributed by atoms with Crippen LogP contribution in [0.25, 0.3) is 0 Å². The lowest BCUT2D eigenvalue weighted by molar-refractivity contribution is -0.137. The maximum absolute atomic E-state index is 12.8. The van der Waals surface area contributed by atoms with Crippen molar-refractivity contribution < 1.29 is 18.8 Å². The molecule has 1 aliphatic rings. The second-order valence-electron chi connectivity index (χ2n) is 5.51. The van der Waals surface area contributed by atoms with Crippen LogP contribution in [0.4, 0.5) is 4.39 Å². The maximum Gasteiger partial charge on any atom is 0.251 e. The van der Waals surface area contributed by atoms with Crippen molar-refractivity contribution in [3.63, 3.8) is 0 Å². The number of rotatable bonds is 6. The summed E-state index contributed by atoms with van der Waals surface area (Å²) in [5.41, 5.74) is 5.65. The van der Waals surface area contributed by atoms with Crippen molar-refractivity contribution in [1.82, 2.24) is 10.2 Å². The van der Waals surface area contributed by atoms with E-state index in [1.807, 2.05) is 0 Å². The van der Waals surface area contributed by atoms with Crippen molar-refractivity contribution in [3.05, 3.63) is 35.6 Å². The Morgan fingerprint density at radius 1 is 1.26 bits per heavy atom. The molecular weight excluding hydrogens is 301 g/mol. The summed E-state index contributed by atoms with van der Waals surface area (Å²) < 4.78 is 12.8. The minimum atomic E-state index is -0.503. The Balaban J connectivity index is 1.72. The van der Waals surface area contributed by atoms with Gasteiger partial charge in [0.2, 0.25) is 11.8 Å². The van der Waals surface area contributed by atoms with E-state index in [2.05, 4.69) is 5.32 Å². The summed E-state index contributed by atoms with van der Waals surface area (Å²) in [5.74, 6) is -1.31. The number of likely N-dealkylation sites (tertiary alicyclic amines) is 1. The Bertz CT molecular complexity index is 589. The zero-order valence-electron chi connectivity index (χ0n) is 12.8. The van der Waals surface area contributed by atoms with Crippen molar-refractivity contribution in [1.29, 1.82) is 0 Å². The van der Waals surface area contributed by atoms with Gasteiger partial charge in [-0.1, -0.05) is 0 Å². The van der Waals surface area contributed by atoms with E-state index >= 15 is 0 Å². The summed E-state index contributed by atoms with van der Waals surface area (Å²) >= 11 is 0. The van der Waals surface area contributed by atoms with E-state index in [4.69, 9.17) is 5.73 Å². The van der Waals surface area contributed by atoms with Crippen LogP contribution in [0, 0.1) is 5.82 Å². The van der Waals surface area contributed by atoms with Crippen LogP contribution in [0.5, 0.6) is 0 Å². The van der Waals surface area contributed by atoms with E-state index < -0.39 is 17.8 Å². The second kappa shape index (κ2) is 7.71. The number of hydrogen-bond donors (Lipinski definition) is 2. The van der Waals surface area contributed by atoms with Crippen molar-refractivity contribution in [2.24, 2.45) is 5.73 Å². The van der Waals surface area contributed by atoms with E-state index in [1.165, 1.54) is 29.2 Å². The molecule has 0 spiro atoms. The Morgan fingerprint density at radius 3 is 2.61 bits per heavy atom. The van der Waals surface area contributed by atoms with Crippen LogP contribution in [0.3, 0.4) is 0 Å². The van der Waals surface area contributed by atoms with Crippen LogP contribution in [0.1, 0.15) is 36.0 Å². The third-order valence-electron chi connectivity index (χ3n) is 3.86. The number of benzene rings is 1. The molecule has 2 rings (SSSR count). The number of nitrogens with two attached hydrogens (primary N) is 1. The largest absolute Gasteiger partial charge is 0.368 e. The van der Waals surface area contributed by atoms with E-state index in [1.54, 1.807) is 0 Å². The molecule has 124 valence electrons. The van der Waals surface area contributed by atoms with Crippen LogP contribution in [-0.2, 0) is 9.59 Å². The van der Waals surface area contributed by atoms with Gasteiger partial charge in [-0.3, -0.25) is 14.4 Å². The van der Waals surface area contributed by atoms with Gasteiger partial charge in [-0.25, -0.2) is 4.39 Å². The molecule has 0 aromatic heterocycles. The summed E-state index contributed by atoms with van der Waals surface area (Å²) in [4.78, 5) is 36.7. The lowest BCUT2D eigenvalue weighted by Gasteiger charge is -2.22. The van der Waals surface area contributed by atoms with Gasteiger partial charge in [-0.05, 0) is 43.5 Å². The van der Waals surface area contributed by atoms with E-state index in [-0.39, 0.29) is 18.2 Å². The summed E-state index contributed by atoms with van der Waals surface area (Å²) in [5, 5.41) is 2.67. The molecule has 0 saturated carbocycles. The van der Waals surface area contributed by atoms with Gasteiger partial charge in [-0.15, -0.1) is 0 Å². The zero-order chi connectivity index (χ0) is 16.8. The lowest BCUT2D eigenvalue weighted by Crippen LogP contribution is -2.43. The first-order chi connectivity index (χ1) is 11.0. The predicted molar refractivity (Wildman–Crippen MR) is 81.9 cm³/mol. The van der Waals surface area contributed by atoms with E-state index in [9.17, 15) is 18.8 Å². The minimum Gasteiger partial charge on any atom is -0.368 e. The molecule has 1 fully saturated rings. The van der Waals surface area contributed by atoms with Crippen LogP contribution in [0.2, 0.25) is 0 Å². The molecule has 6 nitrogen and oxygen atoms in total. The summed E-state index contributed by atoms with van der Waals surface area (Å²) in [6.07, 6.45) is 2.10. The fraction of sp³-hybridized carbons (Fsp3) is 0.438. The zero-order valence-corrected chi connectivity index (χ0v) is 12.8. The standard InChI is InChI=1S/C16H20FN3O3/c17-12-7-5-11(6-8-12)16(23)19-9-1-4-14(21)20-10-2-3-13(20)15(18)22/h5-8,13H,1-4,9-10H2,(H2,18,22)(H,19,23)/t13-/m0/s1. The number of halogens is 1. The Morgan fingerprint density at radius 2 is 1.96 bits per heavy atom. The molecule has 1 aliphatic heterocycles. The third-order valence-corrected chi connectivity index (χ3v) is 3.86. The summed E-state index contributed by atoms with van der Waals surface area (Å²) in [7, 11) is 0. The molecular formula is C16H20FN3O3. The van der Waals surface area contributed by atoms with E-state index in [0.717, 1.165) is 6.42 Å². The molecule has 1 aromatic carbocycles. The number of nitrogens with zero attached hydrogens (tertiary/aromatic N) is 1.